The number of hydrogen-bond donors (Lipinski definition) is 2. The fourth-order valence-electron chi connectivity index (χ4n) is 1.71. The van der Waals surface area contributed by atoms with Crippen LogP contribution in [0.25, 0.3) is 10.9 Å². The Labute approximate surface area is 99.8 Å². The molecule has 0 spiro atoms. The number of fused-ring (bicyclic) bond motifs is 1. The predicted octanol–water partition coefficient (Wildman–Crippen LogP) is 1.44. The first-order valence-electron chi connectivity index (χ1n) is 4.95. The van der Waals surface area contributed by atoms with E-state index in [1.807, 2.05) is 0 Å². The van der Waals surface area contributed by atoms with Gasteiger partial charge in [-0.2, -0.15) is 0 Å². The molecule has 2 aromatic rings. The third-order valence-corrected chi connectivity index (χ3v) is 2.59. The van der Waals surface area contributed by atoms with Gasteiger partial charge >= 0.3 is 5.97 Å². The van der Waals surface area contributed by atoms with E-state index in [1.54, 1.807) is 6.92 Å². The van der Waals surface area contributed by atoms with Crippen LogP contribution >= 0.6 is 0 Å². The molecule has 1 heterocycles. The number of aromatic amines is 1. The van der Waals surface area contributed by atoms with E-state index in [4.69, 9.17) is 5.11 Å². The minimum Gasteiger partial charge on any atom is -0.477 e. The Balaban J connectivity index is 2.82. The van der Waals surface area contributed by atoms with Gasteiger partial charge in [-0.3, -0.25) is 14.9 Å². The van der Waals surface area contributed by atoms with Crippen molar-refractivity contribution in [2.75, 3.05) is 0 Å². The second-order valence-electron chi connectivity index (χ2n) is 3.80. The van der Waals surface area contributed by atoms with Crippen LogP contribution in [0.2, 0.25) is 0 Å². The highest BCUT2D eigenvalue weighted by Gasteiger charge is 2.15. The van der Waals surface area contributed by atoms with Gasteiger partial charge in [0.1, 0.15) is 5.56 Å². The lowest BCUT2D eigenvalue weighted by molar-refractivity contribution is -0.385. The molecule has 92 valence electrons. The van der Waals surface area contributed by atoms with E-state index in [-0.39, 0.29) is 11.2 Å². The number of carbonyl (C=O) groups is 1. The van der Waals surface area contributed by atoms with Crippen LogP contribution in [0.15, 0.2) is 23.0 Å². The maximum atomic E-state index is 11.4. The normalized spacial score (nSPS) is 10.5. The molecule has 7 heteroatoms. The second-order valence-corrected chi connectivity index (χ2v) is 3.80. The van der Waals surface area contributed by atoms with Crippen LogP contribution < -0.4 is 5.56 Å². The Morgan fingerprint density at radius 2 is 2.06 bits per heavy atom. The van der Waals surface area contributed by atoms with Crippen molar-refractivity contribution in [3.8, 4) is 0 Å². The minimum atomic E-state index is -1.34. The zero-order chi connectivity index (χ0) is 13.4. The predicted molar refractivity (Wildman–Crippen MR) is 62.9 cm³/mol. The molecule has 18 heavy (non-hydrogen) atoms. The standard InChI is InChI=1S/C11H8N2O5/c1-5-2-6-3-7(11(15)16)10(14)12-8(6)4-9(5)13(17)18/h2-4H,1H3,(H,12,14)(H,15,16). The van der Waals surface area contributed by atoms with E-state index in [1.165, 1.54) is 18.2 Å². The molecular weight excluding hydrogens is 240 g/mol. The number of nitro groups is 1. The molecule has 0 unspecified atom stereocenters. The van der Waals surface area contributed by atoms with E-state index >= 15 is 0 Å². The van der Waals surface area contributed by atoms with Crippen molar-refractivity contribution in [2.45, 2.75) is 6.92 Å². The monoisotopic (exact) mass is 248 g/mol. The van der Waals surface area contributed by atoms with E-state index in [9.17, 15) is 19.7 Å². The summed E-state index contributed by atoms with van der Waals surface area (Å²) in [5.41, 5.74) is -0.664. The van der Waals surface area contributed by atoms with Crippen LogP contribution in [-0.2, 0) is 0 Å². The van der Waals surface area contributed by atoms with Gasteiger partial charge in [0.05, 0.1) is 10.4 Å². The number of nitrogens with one attached hydrogen (secondary N) is 1. The molecule has 1 aromatic carbocycles. The van der Waals surface area contributed by atoms with Crippen molar-refractivity contribution in [1.82, 2.24) is 4.98 Å². The number of nitrogens with zero attached hydrogens (tertiary/aromatic N) is 1. The van der Waals surface area contributed by atoms with Crippen LogP contribution in [0.4, 0.5) is 5.69 Å². The molecule has 0 aliphatic heterocycles. The van der Waals surface area contributed by atoms with Gasteiger partial charge in [-0.05, 0) is 24.4 Å². The van der Waals surface area contributed by atoms with Gasteiger partial charge in [-0.25, -0.2) is 4.79 Å². The Kier molecular flexibility index (Phi) is 2.59. The number of aromatic nitrogens is 1. The highest BCUT2D eigenvalue weighted by Crippen LogP contribution is 2.23. The van der Waals surface area contributed by atoms with Crippen LogP contribution in [0.3, 0.4) is 0 Å². The smallest absolute Gasteiger partial charge is 0.341 e. The first-order valence-corrected chi connectivity index (χ1v) is 4.95. The molecule has 0 atom stereocenters. The van der Waals surface area contributed by atoms with Crippen LogP contribution in [-0.4, -0.2) is 21.0 Å². The summed E-state index contributed by atoms with van der Waals surface area (Å²) in [7, 11) is 0. The van der Waals surface area contributed by atoms with E-state index < -0.39 is 22.0 Å². The van der Waals surface area contributed by atoms with Gasteiger partial charge in [0.25, 0.3) is 11.2 Å². The zero-order valence-corrected chi connectivity index (χ0v) is 9.26. The molecule has 0 radical (unpaired) electrons. The maximum Gasteiger partial charge on any atom is 0.341 e. The van der Waals surface area contributed by atoms with E-state index in [0.29, 0.717) is 10.9 Å². The number of pyridine rings is 1. The first-order chi connectivity index (χ1) is 8.40. The number of aromatic carboxylic acids is 1. The highest BCUT2D eigenvalue weighted by atomic mass is 16.6. The molecule has 1 aromatic heterocycles. The molecule has 0 amide bonds. The summed E-state index contributed by atoms with van der Waals surface area (Å²) in [6.07, 6.45) is 0. The average molecular weight is 248 g/mol. The summed E-state index contributed by atoms with van der Waals surface area (Å²) in [6.45, 7) is 1.54. The summed E-state index contributed by atoms with van der Waals surface area (Å²) in [5.74, 6) is -1.34. The lowest BCUT2D eigenvalue weighted by atomic mass is 10.1. The zero-order valence-electron chi connectivity index (χ0n) is 9.26. The summed E-state index contributed by atoms with van der Waals surface area (Å²) in [6, 6.07) is 3.89. The number of benzene rings is 1. The molecular formula is C11H8N2O5. The fourth-order valence-corrected chi connectivity index (χ4v) is 1.71. The molecule has 0 saturated heterocycles. The number of aryl methyl sites for hydroxylation is 1. The summed E-state index contributed by atoms with van der Waals surface area (Å²) in [4.78, 5) is 34.7. The number of nitro benzene ring substituents is 1. The molecule has 0 saturated carbocycles. The third kappa shape index (κ3) is 1.81. The van der Waals surface area contributed by atoms with Gasteiger partial charge < -0.3 is 10.1 Å². The maximum absolute atomic E-state index is 11.4. The van der Waals surface area contributed by atoms with Gasteiger partial charge in [-0.1, -0.05) is 0 Å². The van der Waals surface area contributed by atoms with Gasteiger partial charge in [0, 0.05) is 11.6 Å². The van der Waals surface area contributed by atoms with Crippen molar-refractivity contribution in [1.29, 1.82) is 0 Å². The Morgan fingerprint density at radius 1 is 1.39 bits per heavy atom. The van der Waals surface area contributed by atoms with Crippen LogP contribution in [0.5, 0.6) is 0 Å². The number of carboxylic acids is 1. The molecule has 0 fully saturated rings. The molecule has 0 aliphatic carbocycles. The van der Waals surface area contributed by atoms with Crippen LogP contribution in [0.1, 0.15) is 15.9 Å². The first kappa shape index (κ1) is 11.8. The van der Waals surface area contributed by atoms with Crippen molar-refractivity contribution >= 4 is 22.6 Å². The van der Waals surface area contributed by atoms with Gasteiger partial charge in [-0.15, -0.1) is 0 Å². The number of hydrogen-bond acceptors (Lipinski definition) is 4. The van der Waals surface area contributed by atoms with E-state index in [0.717, 1.165) is 0 Å². The Hall–Kier alpha value is -2.70. The van der Waals surface area contributed by atoms with Crippen molar-refractivity contribution in [3.05, 3.63) is 49.8 Å². The molecule has 2 rings (SSSR count). The van der Waals surface area contributed by atoms with Gasteiger partial charge in [0.15, 0.2) is 0 Å². The quantitative estimate of drug-likeness (QED) is 0.616. The van der Waals surface area contributed by atoms with Gasteiger partial charge in [0.2, 0.25) is 0 Å². The SMILES string of the molecule is Cc1cc2cc(C(=O)O)c(=O)[nH]c2cc1[N+](=O)[O-]. The summed E-state index contributed by atoms with van der Waals surface area (Å²) >= 11 is 0. The molecule has 0 bridgehead atoms. The highest BCUT2D eigenvalue weighted by molar-refractivity contribution is 5.93. The van der Waals surface area contributed by atoms with Crippen molar-refractivity contribution in [3.63, 3.8) is 0 Å². The average Bonchev–Trinajstić information content (AvgIpc) is 2.27. The summed E-state index contributed by atoms with van der Waals surface area (Å²) < 4.78 is 0. The van der Waals surface area contributed by atoms with Crippen LogP contribution in [0, 0.1) is 17.0 Å². The van der Waals surface area contributed by atoms with Crippen molar-refractivity contribution in [2.24, 2.45) is 0 Å². The Morgan fingerprint density at radius 3 is 2.61 bits per heavy atom. The minimum absolute atomic E-state index is 0.124. The molecule has 7 nitrogen and oxygen atoms in total. The third-order valence-electron chi connectivity index (χ3n) is 2.59. The second kappa shape index (κ2) is 3.95. The van der Waals surface area contributed by atoms with Crippen molar-refractivity contribution < 1.29 is 14.8 Å². The lowest BCUT2D eigenvalue weighted by Gasteiger charge is -2.02. The topological polar surface area (TPSA) is 113 Å². The molecule has 2 N–H and O–H groups in total. The molecule has 0 aliphatic rings. The largest absolute Gasteiger partial charge is 0.477 e. The van der Waals surface area contributed by atoms with E-state index in [2.05, 4.69) is 4.98 Å². The number of rotatable bonds is 2. The summed E-state index contributed by atoms with van der Waals surface area (Å²) in [5, 5.41) is 20.0. The lowest BCUT2D eigenvalue weighted by Crippen LogP contribution is -2.17. The number of H-pyrrole nitrogens is 1. The fraction of sp³-hybridized carbons (Fsp3) is 0.0909. The Bertz CT molecular complexity index is 732. The number of carboxylic acid groups (broad SMARTS) is 1.